The second kappa shape index (κ2) is 7.51. The summed E-state index contributed by atoms with van der Waals surface area (Å²) in [6.07, 6.45) is 1.55. The van der Waals surface area contributed by atoms with Gasteiger partial charge in [-0.2, -0.15) is 5.10 Å². The van der Waals surface area contributed by atoms with Crippen molar-refractivity contribution in [3.8, 4) is 11.5 Å². The Morgan fingerprint density at radius 2 is 2.00 bits per heavy atom. The van der Waals surface area contributed by atoms with Crippen LogP contribution < -0.4 is 14.9 Å². The number of halogens is 1. The topological polar surface area (TPSA) is 80.2 Å². The Labute approximate surface area is 138 Å². The maximum atomic E-state index is 11.0. The van der Waals surface area contributed by atoms with Gasteiger partial charge in [-0.1, -0.05) is 11.6 Å². The van der Waals surface area contributed by atoms with Gasteiger partial charge >= 0.3 is 5.97 Å². The predicted molar refractivity (Wildman–Crippen MR) is 89.2 cm³/mol. The number of rotatable bonds is 6. The van der Waals surface area contributed by atoms with Crippen LogP contribution in [0, 0.1) is 0 Å². The molecule has 6 nitrogen and oxygen atoms in total. The largest absolute Gasteiger partial charge is 0.497 e. The molecular formula is C16H15ClN2O4. The van der Waals surface area contributed by atoms with Crippen molar-refractivity contribution < 1.29 is 19.4 Å². The summed E-state index contributed by atoms with van der Waals surface area (Å²) in [5, 5.41) is 13.3. The van der Waals surface area contributed by atoms with Crippen LogP contribution in [0.4, 0.5) is 5.69 Å². The molecule has 0 heterocycles. The third-order valence-electron chi connectivity index (χ3n) is 3.03. The van der Waals surface area contributed by atoms with Crippen LogP contribution in [0.3, 0.4) is 0 Å². The molecule has 0 aromatic heterocycles. The van der Waals surface area contributed by atoms with Crippen molar-refractivity contribution in [2.45, 2.75) is 0 Å². The van der Waals surface area contributed by atoms with Crippen LogP contribution in [0.5, 0.6) is 11.5 Å². The Morgan fingerprint density at radius 1 is 1.22 bits per heavy atom. The van der Waals surface area contributed by atoms with Crippen molar-refractivity contribution in [2.75, 3.05) is 19.6 Å². The van der Waals surface area contributed by atoms with Crippen molar-refractivity contribution in [3.63, 3.8) is 0 Å². The van der Waals surface area contributed by atoms with Crippen LogP contribution in [0.25, 0.3) is 0 Å². The van der Waals surface area contributed by atoms with Crippen LogP contribution in [0.2, 0.25) is 5.02 Å². The zero-order chi connectivity index (χ0) is 16.8. The van der Waals surface area contributed by atoms with Gasteiger partial charge in [0.1, 0.15) is 11.5 Å². The molecule has 0 spiro atoms. The number of nitrogens with one attached hydrogen (secondary N) is 1. The molecule has 0 aliphatic heterocycles. The highest BCUT2D eigenvalue weighted by molar-refractivity contribution is 6.33. The first kappa shape index (κ1) is 16.6. The van der Waals surface area contributed by atoms with E-state index in [9.17, 15) is 4.79 Å². The number of anilines is 1. The minimum absolute atomic E-state index is 0.00540. The lowest BCUT2D eigenvalue weighted by molar-refractivity contribution is 0.0697. The van der Waals surface area contributed by atoms with Gasteiger partial charge in [-0.05, 0) is 36.4 Å². The lowest BCUT2D eigenvalue weighted by Gasteiger charge is -2.07. The number of hydrazone groups is 1. The fourth-order valence-corrected chi connectivity index (χ4v) is 2.07. The van der Waals surface area contributed by atoms with Crippen molar-refractivity contribution in [1.29, 1.82) is 0 Å². The van der Waals surface area contributed by atoms with E-state index in [0.29, 0.717) is 22.7 Å². The first-order chi connectivity index (χ1) is 11.0. The molecule has 0 bridgehead atoms. The Balaban J connectivity index is 2.19. The zero-order valence-electron chi connectivity index (χ0n) is 12.5. The molecule has 0 aliphatic carbocycles. The number of hydrogen-bond acceptors (Lipinski definition) is 5. The molecule has 2 aromatic carbocycles. The fraction of sp³-hybridized carbons (Fsp3) is 0.125. The van der Waals surface area contributed by atoms with Crippen LogP contribution in [0.1, 0.15) is 15.9 Å². The molecule has 0 aliphatic rings. The minimum atomic E-state index is -1.10. The van der Waals surface area contributed by atoms with Crippen LogP contribution >= 0.6 is 11.6 Å². The van der Waals surface area contributed by atoms with E-state index in [1.165, 1.54) is 12.1 Å². The van der Waals surface area contributed by atoms with Crippen molar-refractivity contribution in [3.05, 3.63) is 52.5 Å². The predicted octanol–water partition coefficient (Wildman–Crippen LogP) is 3.50. The monoisotopic (exact) mass is 334 g/mol. The van der Waals surface area contributed by atoms with E-state index in [1.807, 2.05) is 0 Å². The average Bonchev–Trinajstić information content (AvgIpc) is 2.56. The fourth-order valence-electron chi connectivity index (χ4n) is 1.88. The Hall–Kier alpha value is -2.73. The van der Waals surface area contributed by atoms with Crippen molar-refractivity contribution in [2.24, 2.45) is 5.10 Å². The van der Waals surface area contributed by atoms with E-state index in [0.717, 1.165) is 0 Å². The van der Waals surface area contributed by atoms with Crippen LogP contribution in [-0.4, -0.2) is 31.5 Å². The number of nitrogens with zero attached hydrogens (tertiary/aromatic N) is 1. The third kappa shape index (κ3) is 4.14. The summed E-state index contributed by atoms with van der Waals surface area (Å²) in [4.78, 5) is 11.0. The molecule has 7 heteroatoms. The molecule has 120 valence electrons. The quantitative estimate of drug-likeness (QED) is 0.624. The van der Waals surface area contributed by atoms with E-state index < -0.39 is 5.97 Å². The highest BCUT2D eigenvalue weighted by atomic mass is 35.5. The number of hydrogen-bond donors (Lipinski definition) is 2. The normalized spacial score (nSPS) is 10.6. The van der Waals surface area contributed by atoms with E-state index in [2.05, 4.69) is 10.5 Å². The summed E-state index contributed by atoms with van der Waals surface area (Å²) >= 11 is 5.82. The van der Waals surface area contributed by atoms with Gasteiger partial charge in [0, 0.05) is 5.56 Å². The summed E-state index contributed by atoms with van der Waals surface area (Å²) in [5.41, 5.74) is 3.98. The van der Waals surface area contributed by atoms with Gasteiger partial charge in [-0.3, -0.25) is 5.43 Å². The summed E-state index contributed by atoms with van der Waals surface area (Å²) in [7, 11) is 3.13. The first-order valence-electron chi connectivity index (χ1n) is 6.59. The molecule has 0 saturated heterocycles. The summed E-state index contributed by atoms with van der Waals surface area (Å²) in [5.74, 6) is 0.211. The first-order valence-corrected chi connectivity index (χ1v) is 6.97. The van der Waals surface area contributed by atoms with Gasteiger partial charge in [-0.15, -0.1) is 0 Å². The standard InChI is InChI=1S/C16H15ClN2O4/c1-22-12-4-6-15(23-2)10(7-12)9-18-19-11-3-5-14(17)13(8-11)16(20)21/h3-9,19H,1-2H3,(H,20,21)/b18-9+. The van der Waals surface area contributed by atoms with Crippen molar-refractivity contribution in [1.82, 2.24) is 0 Å². The Bertz CT molecular complexity index is 747. The van der Waals surface area contributed by atoms with E-state index >= 15 is 0 Å². The van der Waals surface area contributed by atoms with E-state index in [1.54, 1.807) is 44.7 Å². The van der Waals surface area contributed by atoms with E-state index in [-0.39, 0.29) is 10.6 Å². The number of aromatic carboxylic acids is 1. The molecule has 0 atom stereocenters. The minimum Gasteiger partial charge on any atom is -0.497 e. The molecule has 0 saturated carbocycles. The molecule has 0 amide bonds. The van der Waals surface area contributed by atoms with Gasteiger partial charge in [0.05, 0.1) is 36.7 Å². The molecule has 0 fully saturated rings. The highest BCUT2D eigenvalue weighted by Gasteiger charge is 2.09. The second-order valence-electron chi connectivity index (χ2n) is 4.48. The molecule has 0 unspecified atom stereocenters. The lowest BCUT2D eigenvalue weighted by atomic mass is 10.2. The summed E-state index contributed by atoms with van der Waals surface area (Å²) < 4.78 is 10.4. The molecular weight excluding hydrogens is 320 g/mol. The Kier molecular flexibility index (Phi) is 5.43. The van der Waals surface area contributed by atoms with Gasteiger partial charge in [0.25, 0.3) is 0 Å². The molecule has 2 N–H and O–H groups in total. The maximum Gasteiger partial charge on any atom is 0.337 e. The molecule has 2 aromatic rings. The number of carboxylic acids is 1. The van der Waals surface area contributed by atoms with Gasteiger partial charge < -0.3 is 14.6 Å². The summed E-state index contributed by atoms with van der Waals surface area (Å²) in [6.45, 7) is 0. The highest BCUT2D eigenvalue weighted by Crippen LogP contribution is 2.23. The maximum absolute atomic E-state index is 11.0. The van der Waals surface area contributed by atoms with Gasteiger partial charge in [0.2, 0.25) is 0 Å². The van der Waals surface area contributed by atoms with Gasteiger partial charge in [0.15, 0.2) is 0 Å². The number of ether oxygens (including phenoxy) is 2. The average molecular weight is 335 g/mol. The molecule has 2 rings (SSSR count). The summed E-state index contributed by atoms with van der Waals surface area (Å²) in [6, 6.07) is 9.86. The molecule has 0 radical (unpaired) electrons. The number of methoxy groups -OCH3 is 2. The molecule has 23 heavy (non-hydrogen) atoms. The van der Waals surface area contributed by atoms with Crippen LogP contribution in [-0.2, 0) is 0 Å². The van der Waals surface area contributed by atoms with Crippen molar-refractivity contribution >= 4 is 29.5 Å². The van der Waals surface area contributed by atoms with E-state index in [4.69, 9.17) is 26.2 Å². The SMILES string of the molecule is COc1ccc(OC)c(/C=N/Nc2ccc(Cl)c(C(=O)O)c2)c1. The lowest BCUT2D eigenvalue weighted by Crippen LogP contribution is -1.99. The van der Waals surface area contributed by atoms with Gasteiger partial charge in [-0.25, -0.2) is 4.79 Å². The number of carbonyl (C=O) groups is 1. The number of carboxylic acid groups (broad SMARTS) is 1. The Morgan fingerprint density at radius 3 is 2.65 bits per heavy atom. The zero-order valence-corrected chi connectivity index (χ0v) is 13.3. The second-order valence-corrected chi connectivity index (χ2v) is 4.88. The number of benzene rings is 2. The van der Waals surface area contributed by atoms with Crippen LogP contribution in [0.15, 0.2) is 41.5 Å². The smallest absolute Gasteiger partial charge is 0.337 e. The third-order valence-corrected chi connectivity index (χ3v) is 3.36.